The fourth-order valence-electron chi connectivity index (χ4n) is 3.87. The van der Waals surface area contributed by atoms with Crippen molar-refractivity contribution in [2.45, 2.75) is 25.4 Å². The Labute approximate surface area is 170 Å². The SMILES string of the molecule is COc1ccc(CC(=O)NC2CC(=O)N(Cc3cccc4ccccc34)C2)cc1. The number of carbonyl (C=O) groups excluding carboxylic acids is 2. The average molecular weight is 388 g/mol. The lowest BCUT2D eigenvalue weighted by atomic mass is 10.0. The highest BCUT2D eigenvalue weighted by molar-refractivity contribution is 5.87. The largest absolute Gasteiger partial charge is 0.497 e. The number of hydrogen-bond donors (Lipinski definition) is 1. The molecule has 5 nitrogen and oxygen atoms in total. The lowest BCUT2D eigenvalue weighted by Crippen LogP contribution is -2.37. The lowest BCUT2D eigenvalue weighted by molar-refractivity contribution is -0.128. The first kappa shape index (κ1) is 19.0. The number of nitrogens with one attached hydrogen (secondary N) is 1. The second-order valence-corrected chi connectivity index (χ2v) is 7.41. The van der Waals surface area contributed by atoms with E-state index in [1.165, 1.54) is 5.39 Å². The molecule has 1 atom stereocenters. The summed E-state index contributed by atoms with van der Waals surface area (Å²) in [5.41, 5.74) is 2.04. The van der Waals surface area contributed by atoms with Crippen molar-refractivity contribution in [1.29, 1.82) is 0 Å². The fourth-order valence-corrected chi connectivity index (χ4v) is 3.87. The molecule has 0 aromatic heterocycles. The first-order valence-electron chi connectivity index (χ1n) is 9.79. The van der Waals surface area contributed by atoms with Gasteiger partial charge in [0.1, 0.15) is 5.75 Å². The summed E-state index contributed by atoms with van der Waals surface area (Å²) in [6, 6.07) is 21.6. The molecule has 1 saturated heterocycles. The van der Waals surface area contributed by atoms with Crippen molar-refractivity contribution in [3.05, 3.63) is 77.9 Å². The van der Waals surface area contributed by atoms with Gasteiger partial charge in [0.05, 0.1) is 19.6 Å². The molecule has 1 aliphatic heterocycles. The number of nitrogens with zero attached hydrogens (tertiary/aromatic N) is 1. The zero-order valence-corrected chi connectivity index (χ0v) is 16.4. The van der Waals surface area contributed by atoms with E-state index in [1.807, 2.05) is 47.4 Å². The van der Waals surface area contributed by atoms with Crippen LogP contribution in [-0.4, -0.2) is 36.4 Å². The van der Waals surface area contributed by atoms with Crippen LogP contribution in [0.5, 0.6) is 5.75 Å². The van der Waals surface area contributed by atoms with E-state index in [-0.39, 0.29) is 24.3 Å². The van der Waals surface area contributed by atoms with Crippen LogP contribution in [0.1, 0.15) is 17.5 Å². The van der Waals surface area contributed by atoms with E-state index < -0.39 is 0 Å². The maximum absolute atomic E-state index is 12.5. The van der Waals surface area contributed by atoms with Gasteiger partial charge in [-0.15, -0.1) is 0 Å². The molecule has 1 unspecified atom stereocenters. The van der Waals surface area contributed by atoms with Gasteiger partial charge in [0.25, 0.3) is 0 Å². The van der Waals surface area contributed by atoms with Gasteiger partial charge in [-0.05, 0) is 34.0 Å². The molecule has 1 heterocycles. The third kappa shape index (κ3) is 4.40. The zero-order chi connectivity index (χ0) is 20.2. The Morgan fingerprint density at radius 1 is 1.07 bits per heavy atom. The number of amides is 2. The van der Waals surface area contributed by atoms with E-state index in [2.05, 4.69) is 29.6 Å². The molecule has 29 heavy (non-hydrogen) atoms. The summed E-state index contributed by atoms with van der Waals surface area (Å²) < 4.78 is 5.14. The summed E-state index contributed by atoms with van der Waals surface area (Å²) in [7, 11) is 1.61. The van der Waals surface area contributed by atoms with Crippen LogP contribution in [0.25, 0.3) is 10.8 Å². The second kappa shape index (κ2) is 8.35. The number of methoxy groups -OCH3 is 1. The second-order valence-electron chi connectivity index (χ2n) is 7.41. The highest BCUT2D eigenvalue weighted by Gasteiger charge is 2.30. The Morgan fingerprint density at radius 3 is 2.62 bits per heavy atom. The molecular weight excluding hydrogens is 364 g/mol. The first-order chi connectivity index (χ1) is 14.1. The van der Waals surface area contributed by atoms with Gasteiger partial charge in [0.15, 0.2) is 0 Å². The van der Waals surface area contributed by atoms with E-state index in [0.29, 0.717) is 19.5 Å². The number of carbonyl (C=O) groups is 2. The van der Waals surface area contributed by atoms with Gasteiger partial charge in [-0.3, -0.25) is 9.59 Å². The van der Waals surface area contributed by atoms with Crippen LogP contribution in [-0.2, 0) is 22.6 Å². The quantitative estimate of drug-likeness (QED) is 0.705. The molecule has 1 N–H and O–H groups in total. The maximum atomic E-state index is 12.5. The smallest absolute Gasteiger partial charge is 0.225 e. The van der Waals surface area contributed by atoms with E-state index in [9.17, 15) is 9.59 Å². The van der Waals surface area contributed by atoms with E-state index in [1.54, 1.807) is 7.11 Å². The normalized spacial score (nSPS) is 16.2. The Balaban J connectivity index is 1.36. The molecule has 3 aromatic carbocycles. The molecule has 1 aliphatic rings. The number of likely N-dealkylation sites (tertiary alicyclic amines) is 1. The molecule has 0 radical (unpaired) electrons. The lowest BCUT2D eigenvalue weighted by Gasteiger charge is -2.18. The van der Waals surface area contributed by atoms with Crippen LogP contribution in [0.2, 0.25) is 0 Å². The molecule has 0 spiro atoms. The van der Waals surface area contributed by atoms with E-state index in [4.69, 9.17) is 4.74 Å². The molecular formula is C24H24N2O3. The van der Waals surface area contributed by atoms with E-state index >= 15 is 0 Å². The monoisotopic (exact) mass is 388 g/mol. The van der Waals surface area contributed by atoms with Crippen molar-refractivity contribution < 1.29 is 14.3 Å². The van der Waals surface area contributed by atoms with Gasteiger partial charge < -0.3 is 15.0 Å². The van der Waals surface area contributed by atoms with E-state index in [0.717, 1.165) is 22.3 Å². The Hall–Kier alpha value is -3.34. The van der Waals surface area contributed by atoms with Crippen molar-refractivity contribution in [3.63, 3.8) is 0 Å². The van der Waals surface area contributed by atoms with Crippen molar-refractivity contribution in [2.75, 3.05) is 13.7 Å². The summed E-state index contributed by atoms with van der Waals surface area (Å²) in [4.78, 5) is 26.7. The predicted octanol–water partition coefficient (Wildman–Crippen LogP) is 3.31. The summed E-state index contributed by atoms with van der Waals surface area (Å²) >= 11 is 0. The van der Waals surface area contributed by atoms with Crippen molar-refractivity contribution in [3.8, 4) is 5.75 Å². The minimum absolute atomic E-state index is 0.0695. The van der Waals surface area contributed by atoms with Crippen LogP contribution < -0.4 is 10.1 Å². The van der Waals surface area contributed by atoms with Gasteiger partial charge >= 0.3 is 0 Å². The third-order valence-electron chi connectivity index (χ3n) is 5.34. The number of rotatable bonds is 6. The molecule has 1 fully saturated rings. The molecule has 0 saturated carbocycles. The topological polar surface area (TPSA) is 58.6 Å². The Kier molecular flexibility index (Phi) is 5.47. The number of ether oxygens (including phenoxy) is 1. The molecule has 0 aliphatic carbocycles. The van der Waals surface area contributed by atoms with Gasteiger partial charge in [-0.2, -0.15) is 0 Å². The molecule has 4 rings (SSSR count). The molecule has 0 bridgehead atoms. The average Bonchev–Trinajstić information content (AvgIpc) is 3.07. The number of fused-ring (bicyclic) bond motifs is 1. The summed E-state index contributed by atoms with van der Waals surface area (Å²) in [5, 5.41) is 5.34. The predicted molar refractivity (Wildman–Crippen MR) is 113 cm³/mol. The molecule has 148 valence electrons. The van der Waals surface area contributed by atoms with Crippen molar-refractivity contribution in [2.24, 2.45) is 0 Å². The van der Waals surface area contributed by atoms with Gasteiger partial charge in [-0.25, -0.2) is 0 Å². The summed E-state index contributed by atoms with van der Waals surface area (Å²) in [6.45, 7) is 1.10. The third-order valence-corrected chi connectivity index (χ3v) is 5.34. The zero-order valence-electron chi connectivity index (χ0n) is 16.4. The van der Waals surface area contributed by atoms with Crippen LogP contribution in [0.3, 0.4) is 0 Å². The standard InChI is InChI=1S/C24H24N2O3/c1-29-21-11-9-17(10-12-21)13-23(27)25-20-14-24(28)26(16-20)15-19-7-4-6-18-5-2-3-8-22(18)19/h2-12,20H,13-16H2,1H3,(H,25,27). The Morgan fingerprint density at radius 2 is 1.83 bits per heavy atom. The molecule has 5 heteroatoms. The van der Waals surface area contributed by atoms with Crippen LogP contribution in [0, 0.1) is 0 Å². The molecule has 2 amide bonds. The van der Waals surface area contributed by atoms with Crippen molar-refractivity contribution in [1.82, 2.24) is 10.2 Å². The molecule has 3 aromatic rings. The maximum Gasteiger partial charge on any atom is 0.225 e. The highest BCUT2D eigenvalue weighted by Crippen LogP contribution is 2.22. The fraction of sp³-hybridized carbons (Fsp3) is 0.250. The first-order valence-corrected chi connectivity index (χ1v) is 9.79. The summed E-state index contributed by atoms with van der Waals surface area (Å²) in [6.07, 6.45) is 0.636. The number of hydrogen-bond acceptors (Lipinski definition) is 3. The number of benzene rings is 3. The van der Waals surface area contributed by atoms with Crippen molar-refractivity contribution >= 4 is 22.6 Å². The minimum Gasteiger partial charge on any atom is -0.497 e. The Bertz CT molecular complexity index is 1020. The van der Waals surface area contributed by atoms with Crippen LogP contribution >= 0.6 is 0 Å². The highest BCUT2D eigenvalue weighted by atomic mass is 16.5. The summed E-state index contributed by atoms with van der Waals surface area (Å²) in [5.74, 6) is 0.771. The van der Waals surface area contributed by atoms with Gasteiger partial charge in [0.2, 0.25) is 11.8 Å². The van der Waals surface area contributed by atoms with Gasteiger partial charge in [-0.1, -0.05) is 54.6 Å². The van der Waals surface area contributed by atoms with Gasteiger partial charge in [0, 0.05) is 19.5 Å². The van der Waals surface area contributed by atoms with Crippen LogP contribution in [0.15, 0.2) is 66.7 Å². The van der Waals surface area contributed by atoms with Crippen LogP contribution in [0.4, 0.5) is 0 Å². The minimum atomic E-state index is -0.150.